The van der Waals surface area contributed by atoms with Crippen molar-refractivity contribution in [1.29, 1.82) is 0 Å². The van der Waals surface area contributed by atoms with Gasteiger partial charge in [0.25, 0.3) is 5.91 Å². The summed E-state index contributed by atoms with van der Waals surface area (Å²) in [5.41, 5.74) is -0.462. The molecule has 0 bridgehead atoms. The Morgan fingerprint density at radius 3 is 2.95 bits per heavy atom. The number of rotatable bonds is 2. The van der Waals surface area contributed by atoms with Crippen molar-refractivity contribution in [3.05, 3.63) is 29.3 Å². The third-order valence-electron chi connectivity index (χ3n) is 4.45. The number of hydrogen-bond acceptors (Lipinski definition) is 3. The van der Waals surface area contributed by atoms with Crippen LogP contribution in [0.2, 0.25) is 0 Å². The second-order valence-corrected chi connectivity index (χ2v) is 5.74. The fourth-order valence-corrected chi connectivity index (χ4v) is 3.17. The Kier molecular flexibility index (Phi) is 3.20. The zero-order valence-electron chi connectivity index (χ0n) is 11.7. The van der Waals surface area contributed by atoms with E-state index in [0.717, 1.165) is 5.56 Å². The van der Waals surface area contributed by atoms with Crippen molar-refractivity contribution in [3.63, 3.8) is 0 Å². The largest absolute Gasteiger partial charge is 0.478 e. The van der Waals surface area contributed by atoms with Crippen LogP contribution in [0.25, 0.3) is 0 Å². The second-order valence-electron chi connectivity index (χ2n) is 5.74. The summed E-state index contributed by atoms with van der Waals surface area (Å²) < 4.78 is 14.9. The Labute approximate surface area is 121 Å². The number of aromatic carboxylic acids is 1. The number of alkyl halides is 1. The molecule has 0 aliphatic carbocycles. The summed E-state index contributed by atoms with van der Waals surface area (Å²) in [5.74, 6) is -1.98. The number of carbonyl (C=O) groups is 2. The number of nitrogens with zero attached hydrogens (tertiary/aromatic N) is 1. The summed E-state index contributed by atoms with van der Waals surface area (Å²) in [6, 6.07) is 4.59. The number of piperidine rings is 1. The summed E-state index contributed by atoms with van der Waals surface area (Å²) in [4.78, 5) is 25.0. The standard InChI is InChI=1S/C15H17FN2O3/c1-9-2-3-10(13(19)20)6-12(9)18-8-11-7-17-5-4-15(11,16)14(18)21/h2-3,6,11,17H,4-5,7-8H2,1H3,(H,19,20)/t11-,15+/m0/s1. The van der Waals surface area contributed by atoms with Gasteiger partial charge in [-0.1, -0.05) is 6.07 Å². The Balaban J connectivity index is 2.00. The van der Waals surface area contributed by atoms with Crippen LogP contribution in [-0.4, -0.2) is 42.3 Å². The minimum absolute atomic E-state index is 0.101. The van der Waals surface area contributed by atoms with Crippen molar-refractivity contribution in [2.45, 2.75) is 19.0 Å². The van der Waals surface area contributed by atoms with E-state index in [1.165, 1.54) is 17.0 Å². The van der Waals surface area contributed by atoms with E-state index in [9.17, 15) is 14.0 Å². The Morgan fingerprint density at radius 1 is 1.52 bits per heavy atom. The molecule has 2 saturated heterocycles. The van der Waals surface area contributed by atoms with E-state index in [2.05, 4.69) is 5.32 Å². The first-order chi connectivity index (χ1) is 9.93. The molecular formula is C15H17FN2O3. The van der Waals surface area contributed by atoms with Crippen LogP contribution in [0.1, 0.15) is 22.3 Å². The fraction of sp³-hybridized carbons (Fsp3) is 0.467. The minimum atomic E-state index is -1.82. The van der Waals surface area contributed by atoms with Gasteiger partial charge in [0.05, 0.1) is 5.56 Å². The molecule has 1 aromatic carbocycles. The lowest BCUT2D eigenvalue weighted by Gasteiger charge is -2.29. The van der Waals surface area contributed by atoms with Crippen molar-refractivity contribution in [2.75, 3.05) is 24.5 Å². The molecule has 112 valence electrons. The van der Waals surface area contributed by atoms with E-state index in [0.29, 0.717) is 18.8 Å². The van der Waals surface area contributed by atoms with E-state index in [-0.39, 0.29) is 24.4 Å². The van der Waals surface area contributed by atoms with Crippen LogP contribution in [-0.2, 0) is 4.79 Å². The van der Waals surface area contributed by atoms with Gasteiger partial charge in [-0.2, -0.15) is 0 Å². The summed E-state index contributed by atoms with van der Waals surface area (Å²) >= 11 is 0. The number of carboxylic acid groups (broad SMARTS) is 1. The van der Waals surface area contributed by atoms with Crippen LogP contribution in [0.5, 0.6) is 0 Å². The van der Waals surface area contributed by atoms with Crippen LogP contribution < -0.4 is 10.2 Å². The maximum absolute atomic E-state index is 14.9. The van der Waals surface area contributed by atoms with Crippen molar-refractivity contribution in [3.8, 4) is 0 Å². The molecule has 1 aromatic rings. The predicted molar refractivity (Wildman–Crippen MR) is 75.3 cm³/mol. The molecule has 5 nitrogen and oxygen atoms in total. The highest BCUT2D eigenvalue weighted by Gasteiger charge is 2.56. The highest BCUT2D eigenvalue weighted by Crippen LogP contribution is 2.40. The van der Waals surface area contributed by atoms with E-state index in [4.69, 9.17) is 5.11 Å². The van der Waals surface area contributed by atoms with Crippen LogP contribution in [0.15, 0.2) is 18.2 Å². The van der Waals surface area contributed by atoms with E-state index < -0.39 is 17.5 Å². The molecule has 2 atom stereocenters. The van der Waals surface area contributed by atoms with E-state index in [1.54, 1.807) is 13.0 Å². The Morgan fingerprint density at radius 2 is 2.29 bits per heavy atom. The third-order valence-corrected chi connectivity index (χ3v) is 4.45. The minimum Gasteiger partial charge on any atom is -0.478 e. The molecular weight excluding hydrogens is 275 g/mol. The number of fused-ring (bicyclic) bond motifs is 1. The molecule has 2 aliphatic rings. The van der Waals surface area contributed by atoms with Gasteiger partial charge in [-0.3, -0.25) is 4.79 Å². The molecule has 1 amide bonds. The van der Waals surface area contributed by atoms with Crippen LogP contribution in [0.3, 0.4) is 0 Å². The van der Waals surface area contributed by atoms with Gasteiger partial charge in [-0.25, -0.2) is 9.18 Å². The molecule has 2 aliphatic heterocycles. The normalized spacial score (nSPS) is 28.6. The maximum atomic E-state index is 14.9. The molecule has 0 spiro atoms. The number of aryl methyl sites for hydroxylation is 1. The molecule has 0 aromatic heterocycles. The highest BCUT2D eigenvalue weighted by molar-refractivity contribution is 6.03. The topological polar surface area (TPSA) is 69.6 Å². The molecule has 0 saturated carbocycles. The predicted octanol–water partition coefficient (Wildman–Crippen LogP) is 1.36. The van der Waals surface area contributed by atoms with Gasteiger partial charge in [0.15, 0.2) is 5.67 Å². The smallest absolute Gasteiger partial charge is 0.335 e. The quantitative estimate of drug-likeness (QED) is 0.863. The van der Waals surface area contributed by atoms with Gasteiger partial charge in [-0.15, -0.1) is 0 Å². The van der Waals surface area contributed by atoms with Crippen LogP contribution in [0, 0.1) is 12.8 Å². The van der Waals surface area contributed by atoms with E-state index in [1.807, 2.05) is 0 Å². The number of halogens is 1. The molecule has 0 unspecified atom stereocenters. The third kappa shape index (κ3) is 2.10. The molecule has 2 N–H and O–H groups in total. The van der Waals surface area contributed by atoms with Gasteiger partial charge >= 0.3 is 5.97 Å². The zero-order chi connectivity index (χ0) is 15.2. The van der Waals surface area contributed by atoms with Gasteiger partial charge in [0, 0.05) is 31.1 Å². The first kappa shape index (κ1) is 14.0. The average Bonchev–Trinajstić information content (AvgIpc) is 2.72. The van der Waals surface area contributed by atoms with Crippen molar-refractivity contribution < 1.29 is 19.1 Å². The van der Waals surface area contributed by atoms with Gasteiger partial charge in [0.1, 0.15) is 0 Å². The molecule has 0 radical (unpaired) electrons. The molecule has 3 rings (SSSR count). The number of carboxylic acids is 1. The summed E-state index contributed by atoms with van der Waals surface area (Å²) in [6.45, 7) is 3.03. The first-order valence-corrected chi connectivity index (χ1v) is 6.99. The highest BCUT2D eigenvalue weighted by atomic mass is 19.1. The van der Waals surface area contributed by atoms with Crippen molar-refractivity contribution >= 4 is 17.6 Å². The number of hydrogen-bond donors (Lipinski definition) is 2. The molecule has 21 heavy (non-hydrogen) atoms. The Hall–Kier alpha value is -1.95. The number of amides is 1. The van der Waals surface area contributed by atoms with Gasteiger partial charge in [0.2, 0.25) is 0 Å². The number of benzene rings is 1. The molecule has 2 heterocycles. The summed E-state index contributed by atoms with van der Waals surface area (Å²) in [6.07, 6.45) is 0.171. The number of carbonyl (C=O) groups excluding carboxylic acids is 1. The summed E-state index contributed by atoms with van der Waals surface area (Å²) in [5, 5.41) is 12.2. The van der Waals surface area contributed by atoms with Crippen LogP contribution in [0.4, 0.5) is 10.1 Å². The SMILES string of the molecule is Cc1ccc(C(=O)O)cc1N1C[C@@H]2CNCC[C@]2(F)C1=O. The maximum Gasteiger partial charge on any atom is 0.335 e. The zero-order valence-corrected chi connectivity index (χ0v) is 11.7. The molecule has 2 fully saturated rings. The number of nitrogens with one attached hydrogen (secondary N) is 1. The average molecular weight is 292 g/mol. The monoisotopic (exact) mass is 292 g/mol. The molecule has 6 heteroatoms. The van der Waals surface area contributed by atoms with Gasteiger partial charge < -0.3 is 15.3 Å². The second kappa shape index (κ2) is 4.80. The first-order valence-electron chi connectivity index (χ1n) is 6.99. The van der Waals surface area contributed by atoms with Crippen molar-refractivity contribution in [1.82, 2.24) is 5.32 Å². The van der Waals surface area contributed by atoms with Crippen LogP contribution >= 0.6 is 0 Å². The van der Waals surface area contributed by atoms with Crippen molar-refractivity contribution in [2.24, 2.45) is 5.92 Å². The fourth-order valence-electron chi connectivity index (χ4n) is 3.17. The summed E-state index contributed by atoms with van der Waals surface area (Å²) in [7, 11) is 0. The lowest BCUT2D eigenvalue weighted by Crippen LogP contribution is -2.49. The Bertz CT molecular complexity index is 619. The lowest BCUT2D eigenvalue weighted by molar-refractivity contribution is -0.130. The lowest BCUT2D eigenvalue weighted by atomic mass is 9.86. The number of anilines is 1. The van der Waals surface area contributed by atoms with Gasteiger partial charge in [-0.05, 0) is 31.2 Å². The van der Waals surface area contributed by atoms with E-state index >= 15 is 0 Å².